The molecule has 0 radical (unpaired) electrons. The van der Waals surface area contributed by atoms with Crippen molar-refractivity contribution in [3.63, 3.8) is 0 Å². The van der Waals surface area contributed by atoms with Crippen LogP contribution in [0.5, 0.6) is 5.75 Å². The molecule has 1 rings (SSSR count). The number of anilines is 1. The Labute approximate surface area is 128 Å². The number of carbonyl (C=O) groups is 1. The van der Waals surface area contributed by atoms with Crippen LogP contribution >= 0.6 is 11.8 Å². The van der Waals surface area contributed by atoms with Crippen molar-refractivity contribution in [3.05, 3.63) is 28.4 Å². The molecule has 0 fully saturated rings. The van der Waals surface area contributed by atoms with Crippen LogP contribution in [0.25, 0.3) is 0 Å². The molecule has 21 heavy (non-hydrogen) atoms. The zero-order valence-corrected chi connectivity index (χ0v) is 13.4. The first kappa shape index (κ1) is 17.4. The van der Waals surface area contributed by atoms with E-state index in [1.807, 2.05) is 18.7 Å². The SMILES string of the molecule is CCOC(=O)CSc1cc(N(CC)CC)cc(=O)c(O)c1. The average Bonchev–Trinajstić information content (AvgIpc) is 2.58. The summed E-state index contributed by atoms with van der Waals surface area (Å²) in [5.74, 6) is -0.497. The van der Waals surface area contributed by atoms with Gasteiger partial charge in [0.1, 0.15) is 0 Å². The highest BCUT2D eigenvalue weighted by Crippen LogP contribution is 2.24. The van der Waals surface area contributed by atoms with Crippen LogP contribution in [0.1, 0.15) is 20.8 Å². The maximum Gasteiger partial charge on any atom is 0.316 e. The highest BCUT2D eigenvalue weighted by atomic mass is 32.2. The molecule has 1 N–H and O–H groups in total. The number of ether oxygens (including phenoxy) is 1. The van der Waals surface area contributed by atoms with Gasteiger partial charge in [-0.2, -0.15) is 0 Å². The van der Waals surface area contributed by atoms with E-state index in [1.165, 1.54) is 23.9 Å². The second kappa shape index (κ2) is 8.56. The summed E-state index contributed by atoms with van der Waals surface area (Å²) in [7, 11) is 0. The Morgan fingerprint density at radius 1 is 1.24 bits per heavy atom. The van der Waals surface area contributed by atoms with E-state index in [0.29, 0.717) is 11.5 Å². The molecule has 1 aromatic rings. The molecule has 0 aliphatic heterocycles. The molecule has 0 bridgehead atoms. The summed E-state index contributed by atoms with van der Waals surface area (Å²) in [5.41, 5.74) is 0.302. The standard InChI is InChI=1S/C15H21NO4S/c1-4-16(5-2)11-7-12(9-14(18)13(17)8-11)21-10-15(19)20-6-3/h7-9H,4-6,10H2,1-3H3,(H,17,18). The highest BCUT2D eigenvalue weighted by Gasteiger charge is 2.09. The van der Waals surface area contributed by atoms with E-state index in [9.17, 15) is 14.7 Å². The molecule has 1 aromatic carbocycles. The van der Waals surface area contributed by atoms with Crippen molar-refractivity contribution >= 4 is 23.4 Å². The van der Waals surface area contributed by atoms with Gasteiger partial charge >= 0.3 is 5.97 Å². The summed E-state index contributed by atoms with van der Waals surface area (Å²) in [6.07, 6.45) is 0. The Hall–Kier alpha value is -1.69. The zero-order chi connectivity index (χ0) is 15.8. The number of hydrogen-bond donors (Lipinski definition) is 1. The first-order valence-corrected chi connectivity index (χ1v) is 7.92. The molecule has 0 amide bonds. The number of nitrogens with zero attached hydrogens (tertiary/aromatic N) is 1. The Morgan fingerprint density at radius 3 is 2.48 bits per heavy atom. The minimum atomic E-state index is -0.431. The number of rotatable bonds is 7. The maximum atomic E-state index is 11.8. The van der Waals surface area contributed by atoms with Crippen molar-refractivity contribution in [1.82, 2.24) is 0 Å². The van der Waals surface area contributed by atoms with Crippen molar-refractivity contribution in [2.24, 2.45) is 0 Å². The molecule has 5 nitrogen and oxygen atoms in total. The second-order valence-electron chi connectivity index (χ2n) is 4.28. The van der Waals surface area contributed by atoms with Gasteiger partial charge in [0.2, 0.25) is 5.43 Å². The van der Waals surface area contributed by atoms with Crippen LogP contribution in [0.2, 0.25) is 0 Å². The van der Waals surface area contributed by atoms with Crippen molar-refractivity contribution < 1.29 is 14.6 Å². The minimum absolute atomic E-state index is 0.142. The third-order valence-corrected chi connectivity index (χ3v) is 3.84. The fourth-order valence-corrected chi connectivity index (χ4v) is 2.61. The third-order valence-electron chi connectivity index (χ3n) is 2.89. The molecule has 0 aliphatic rings. The maximum absolute atomic E-state index is 11.8. The van der Waals surface area contributed by atoms with Gasteiger partial charge in [0.25, 0.3) is 0 Å². The average molecular weight is 311 g/mol. The van der Waals surface area contributed by atoms with Gasteiger partial charge in [-0.15, -0.1) is 11.8 Å². The summed E-state index contributed by atoms with van der Waals surface area (Å²) in [6.45, 7) is 7.58. The number of aromatic hydroxyl groups is 1. The number of thioether (sulfide) groups is 1. The second-order valence-corrected chi connectivity index (χ2v) is 5.32. The van der Waals surface area contributed by atoms with Crippen molar-refractivity contribution in [1.29, 1.82) is 0 Å². The van der Waals surface area contributed by atoms with Crippen molar-refractivity contribution in [2.45, 2.75) is 25.7 Å². The lowest BCUT2D eigenvalue weighted by Gasteiger charge is -2.19. The summed E-state index contributed by atoms with van der Waals surface area (Å²) in [5, 5.41) is 9.72. The molecule has 0 heterocycles. The molecule has 116 valence electrons. The van der Waals surface area contributed by atoms with Crippen LogP contribution in [-0.2, 0) is 9.53 Å². The topological polar surface area (TPSA) is 66.8 Å². The van der Waals surface area contributed by atoms with Gasteiger partial charge < -0.3 is 14.7 Å². The van der Waals surface area contributed by atoms with Gasteiger partial charge in [0.15, 0.2) is 5.75 Å². The quantitative estimate of drug-likeness (QED) is 0.615. The molecule has 0 aliphatic carbocycles. The fraction of sp³-hybridized carbons (Fsp3) is 0.467. The van der Waals surface area contributed by atoms with E-state index >= 15 is 0 Å². The summed E-state index contributed by atoms with van der Waals surface area (Å²) in [6, 6.07) is 4.61. The Kier molecular flexibility index (Phi) is 7.08. The van der Waals surface area contributed by atoms with Gasteiger partial charge in [-0.05, 0) is 32.9 Å². The van der Waals surface area contributed by atoms with Gasteiger partial charge in [0, 0.05) is 29.7 Å². The largest absolute Gasteiger partial charge is 0.504 e. The monoisotopic (exact) mass is 311 g/mol. The lowest BCUT2D eigenvalue weighted by molar-refractivity contribution is -0.139. The van der Waals surface area contributed by atoms with Crippen LogP contribution in [0, 0.1) is 0 Å². The van der Waals surface area contributed by atoms with E-state index in [2.05, 4.69) is 0 Å². The van der Waals surface area contributed by atoms with E-state index in [0.717, 1.165) is 18.8 Å². The minimum Gasteiger partial charge on any atom is -0.504 e. The zero-order valence-electron chi connectivity index (χ0n) is 12.6. The summed E-state index contributed by atoms with van der Waals surface area (Å²) < 4.78 is 4.87. The molecular weight excluding hydrogens is 290 g/mol. The van der Waals surface area contributed by atoms with Gasteiger partial charge in [0.05, 0.1) is 12.4 Å². The normalized spacial score (nSPS) is 10.2. The Morgan fingerprint density at radius 2 is 1.90 bits per heavy atom. The van der Waals surface area contributed by atoms with E-state index in [1.54, 1.807) is 13.0 Å². The predicted molar refractivity (Wildman–Crippen MR) is 85.3 cm³/mol. The Bertz CT molecular complexity index is 544. The van der Waals surface area contributed by atoms with E-state index in [4.69, 9.17) is 4.74 Å². The molecule has 0 aromatic heterocycles. The van der Waals surface area contributed by atoms with Gasteiger partial charge in [-0.3, -0.25) is 9.59 Å². The number of carbonyl (C=O) groups excluding carboxylic acids is 1. The lowest BCUT2D eigenvalue weighted by atomic mass is 10.3. The summed E-state index contributed by atoms with van der Waals surface area (Å²) in [4.78, 5) is 25.9. The fourth-order valence-electron chi connectivity index (χ4n) is 1.84. The van der Waals surface area contributed by atoms with E-state index in [-0.39, 0.29) is 17.5 Å². The smallest absolute Gasteiger partial charge is 0.316 e. The highest BCUT2D eigenvalue weighted by molar-refractivity contribution is 8.00. The van der Waals surface area contributed by atoms with Crippen molar-refractivity contribution in [3.8, 4) is 5.75 Å². The lowest BCUT2D eigenvalue weighted by Crippen LogP contribution is -2.22. The van der Waals surface area contributed by atoms with Crippen LogP contribution < -0.4 is 10.3 Å². The van der Waals surface area contributed by atoms with Gasteiger partial charge in [-0.25, -0.2) is 0 Å². The molecule has 0 unspecified atom stereocenters. The van der Waals surface area contributed by atoms with Crippen LogP contribution in [0.15, 0.2) is 27.9 Å². The number of hydrogen-bond acceptors (Lipinski definition) is 6. The molecular formula is C15H21NO4S. The van der Waals surface area contributed by atoms with Crippen LogP contribution in [-0.4, -0.2) is 36.5 Å². The van der Waals surface area contributed by atoms with Crippen molar-refractivity contribution in [2.75, 3.05) is 30.3 Å². The first-order chi connectivity index (χ1) is 10.0. The third kappa shape index (κ3) is 5.30. The molecule has 0 atom stereocenters. The summed E-state index contributed by atoms with van der Waals surface area (Å²) >= 11 is 1.24. The molecule has 6 heteroatoms. The van der Waals surface area contributed by atoms with Gasteiger partial charge in [-0.1, -0.05) is 0 Å². The van der Waals surface area contributed by atoms with E-state index < -0.39 is 5.43 Å². The molecule has 0 saturated carbocycles. The number of esters is 1. The molecule has 0 spiro atoms. The Balaban J connectivity index is 3.06. The molecule has 0 saturated heterocycles. The van der Waals surface area contributed by atoms with Crippen LogP contribution in [0.4, 0.5) is 5.69 Å². The first-order valence-electron chi connectivity index (χ1n) is 6.93. The predicted octanol–water partition coefficient (Wildman–Crippen LogP) is 2.25. The van der Waals surface area contributed by atoms with Crippen LogP contribution in [0.3, 0.4) is 0 Å².